The molecule has 2 aromatic heterocycles. The van der Waals surface area contributed by atoms with Crippen LogP contribution in [0.4, 0.5) is 0 Å². The number of carbonyl (C=O) groups excluding carboxylic acids is 1. The van der Waals surface area contributed by atoms with Gasteiger partial charge in [0.1, 0.15) is 0 Å². The molecule has 7 heteroatoms. The first-order chi connectivity index (χ1) is 14.2. The SMILES string of the molecule is CN(Cc1ccccc1)C(=O)CSc1nnc(-c2cccs2)n1-c1ccccc1. The monoisotopic (exact) mass is 420 g/mol. The summed E-state index contributed by atoms with van der Waals surface area (Å²) in [7, 11) is 1.83. The summed E-state index contributed by atoms with van der Waals surface area (Å²) in [5.41, 5.74) is 2.09. The lowest BCUT2D eigenvalue weighted by molar-refractivity contribution is -0.127. The van der Waals surface area contributed by atoms with E-state index >= 15 is 0 Å². The minimum absolute atomic E-state index is 0.0548. The summed E-state index contributed by atoms with van der Waals surface area (Å²) in [6, 6.07) is 24.0. The quantitative estimate of drug-likeness (QED) is 0.405. The van der Waals surface area contributed by atoms with E-state index in [0.717, 1.165) is 22.0 Å². The Morgan fingerprint density at radius 3 is 2.41 bits per heavy atom. The van der Waals surface area contributed by atoms with Crippen LogP contribution in [0.15, 0.2) is 83.3 Å². The predicted molar refractivity (Wildman–Crippen MR) is 118 cm³/mol. The Kier molecular flexibility index (Phi) is 6.07. The van der Waals surface area contributed by atoms with Gasteiger partial charge in [0.2, 0.25) is 5.91 Å². The lowest BCUT2D eigenvalue weighted by atomic mass is 10.2. The third-order valence-electron chi connectivity index (χ3n) is 4.40. The average molecular weight is 421 g/mol. The van der Waals surface area contributed by atoms with Crippen LogP contribution < -0.4 is 0 Å². The van der Waals surface area contributed by atoms with Gasteiger partial charge >= 0.3 is 0 Å². The highest BCUT2D eigenvalue weighted by atomic mass is 32.2. The highest BCUT2D eigenvalue weighted by Crippen LogP contribution is 2.30. The molecule has 4 aromatic rings. The molecule has 0 aliphatic carbocycles. The van der Waals surface area contributed by atoms with Gasteiger partial charge in [0, 0.05) is 19.3 Å². The number of thiophene rings is 1. The van der Waals surface area contributed by atoms with Gasteiger partial charge in [0.05, 0.1) is 10.6 Å². The average Bonchev–Trinajstić information content (AvgIpc) is 3.43. The molecule has 0 unspecified atom stereocenters. The molecule has 1 amide bonds. The zero-order valence-corrected chi connectivity index (χ0v) is 17.6. The maximum atomic E-state index is 12.7. The van der Waals surface area contributed by atoms with Gasteiger partial charge in [-0.05, 0) is 29.1 Å². The molecular weight excluding hydrogens is 400 g/mol. The fourth-order valence-electron chi connectivity index (χ4n) is 2.92. The normalized spacial score (nSPS) is 10.8. The van der Waals surface area contributed by atoms with Crippen LogP contribution in [-0.4, -0.2) is 38.4 Å². The van der Waals surface area contributed by atoms with E-state index in [4.69, 9.17) is 0 Å². The zero-order chi connectivity index (χ0) is 20.1. The zero-order valence-electron chi connectivity index (χ0n) is 15.9. The Bertz CT molecular complexity index is 1060. The first-order valence-electron chi connectivity index (χ1n) is 9.18. The number of amides is 1. The third-order valence-corrected chi connectivity index (χ3v) is 6.18. The van der Waals surface area contributed by atoms with Gasteiger partial charge in [-0.2, -0.15) is 0 Å². The summed E-state index contributed by atoms with van der Waals surface area (Å²) in [4.78, 5) is 15.4. The van der Waals surface area contributed by atoms with E-state index in [9.17, 15) is 4.79 Å². The van der Waals surface area contributed by atoms with Crippen LogP contribution in [0.5, 0.6) is 0 Å². The van der Waals surface area contributed by atoms with Crippen molar-refractivity contribution in [1.29, 1.82) is 0 Å². The lowest BCUT2D eigenvalue weighted by Crippen LogP contribution is -2.27. The fraction of sp³-hybridized carbons (Fsp3) is 0.136. The number of hydrogen-bond acceptors (Lipinski definition) is 5. The fourth-order valence-corrected chi connectivity index (χ4v) is 4.51. The largest absolute Gasteiger partial charge is 0.341 e. The van der Waals surface area contributed by atoms with Crippen molar-refractivity contribution in [2.75, 3.05) is 12.8 Å². The van der Waals surface area contributed by atoms with Gasteiger partial charge in [-0.1, -0.05) is 66.4 Å². The van der Waals surface area contributed by atoms with E-state index in [2.05, 4.69) is 10.2 Å². The summed E-state index contributed by atoms with van der Waals surface area (Å²) < 4.78 is 2.01. The molecule has 0 aliphatic heterocycles. The van der Waals surface area contributed by atoms with Crippen molar-refractivity contribution in [2.24, 2.45) is 0 Å². The number of thioether (sulfide) groups is 1. The molecule has 0 aliphatic rings. The molecule has 0 fully saturated rings. The van der Waals surface area contributed by atoms with E-state index in [0.29, 0.717) is 17.5 Å². The lowest BCUT2D eigenvalue weighted by Gasteiger charge is -2.17. The summed E-state index contributed by atoms with van der Waals surface area (Å²) in [5, 5.41) is 11.5. The van der Waals surface area contributed by atoms with Crippen LogP contribution in [0.2, 0.25) is 0 Å². The van der Waals surface area contributed by atoms with Crippen LogP contribution in [0, 0.1) is 0 Å². The summed E-state index contributed by atoms with van der Waals surface area (Å²) in [5.74, 6) is 1.15. The topological polar surface area (TPSA) is 51.0 Å². The molecule has 0 saturated carbocycles. The molecule has 0 radical (unpaired) electrons. The molecule has 2 aromatic carbocycles. The molecule has 29 heavy (non-hydrogen) atoms. The molecule has 2 heterocycles. The minimum Gasteiger partial charge on any atom is -0.341 e. The Morgan fingerprint density at radius 2 is 1.72 bits per heavy atom. The molecule has 5 nitrogen and oxygen atoms in total. The number of rotatable bonds is 7. The molecular formula is C22H20N4OS2. The van der Waals surface area contributed by atoms with Crippen molar-refractivity contribution in [1.82, 2.24) is 19.7 Å². The first-order valence-corrected chi connectivity index (χ1v) is 11.0. The standard InChI is InChI=1S/C22H20N4OS2/c1-25(15-17-9-4-2-5-10-17)20(27)16-29-22-24-23-21(19-13-8-14-28-19)26(22)18-11-6-3-7-12-18/h2-14H,15-16H2,1H3. The highest BCUT2D eigenvalue weighted by Gasteiger charge is 2.18. The molecule has 0 atom stereocenters. The maximum Gasteiger partial charge on any atom is 0.233 e. The summed E-state index contributed by atoms with van der Waals surface area (Å²) in [6.07, 6.45) is 0. The van der Waals surface area contributed by atoms with Crippen molar-refractivity contribution in [3.8, 4) is 16.4 Å². The number of hydrogen-bond donors (Lipinski definition) is 0. The second-order valence-electron chi connectivity index (χ2n) is 6.48. The van der Waals surface area contributed by atoms with Gasteiger partial charge in [-0.3, -0.25) is 9.36 Å². The van der Waals surface area contributed by atoms with Crippen molar-refractivity contribution >= 4 is 29.0 Å². The van der Waals surface area contributed by atoms with Gasteiger partial charge < -0.3 is 4.90 Å². The smallest absolute Gasteiger partial charge is 0.233 e. The van der Waals surface area contributed by atoms with Gasteiger partial charge in [-0.15, -0.1) is 21.5 Å². The molecule has 0 spiro atoms. The van der Waals surface area contributed by atoms with E-state index in [1.165, 1.54) is 11.8 Å². The van der Waals surface area contributed by atoms with E-state index in [1.54, 1.807) is 16.2 Å². The first kappa shape index (κ1) is 19.4. The minimum atomic E-state index is 0.0548. The number of aromatic nitrogens is 3. The van der Waals surface area contributed by atoms with Crippen molar-refractivity contribution in [3.05, 3.63) is 83.7 Å². The highest BCUT2D eigenvalue weighted by molar-refractivity contribution is 7.99. The Labute approximate surface area is 178 Å². The van der Waals surface area contributed by atoms with E-state index in [-0.39, 0.29) is 5.91 Å². The van der Waals surface area contributed by atoms with Crippen LogP contribution in [0.1, 0.15) is 5.56 Å². The molecule has 0 saturated heterocycles. The van der Waals surface area contributed by atoms with Gasteiger partial charge in [0.15, 0.2) is 11.0 Å². The van der Waals surface area contributed by atoms with Crippen molar-refractivity contribution < 1.29 is 4.79 Å². The van der Waals surface area contributed by atoms with Crippen LogP contribution in [0.3, 0.4) is 0 Å². The van der Waals surface area contributed by atoms with Crippen LogP contribution >= 0.6 is 23.1 Å². The third kappa shape index (κ3) is 4.58. The van der Waals surface area contributed by atoms with E-state index in [1.807, 2.05) is 89.8 Å². The number of para-hydroxylation sites is 1. The molecule has 146 valence electrons. The van der Waals surface area contributed by atoms with Crippen molar-refractivity contribution in [3.63, 3.8) is 0 Å². The second-order valence-corrected chi connectivity index (χ2v) is 8.37. The Morgan fingerprint density at radius 1 is 1.00 bits per heavy atom. The van der Waals surface area contributed by atoms with E-state index < -0.39 is 0 Å². The van der Waals surface area contributed by atoms with Gasteiger partial charge in [-0.25, -0.2) is 0 Å². The Hall–Kier alpha value is -2.90. The van der Waals surface area contributed by atoms with Crippen LogP contribution in [0.25, 0.3) is 16.4 Å². The predicted octanol–water partition coefficient (Wildman–Crippen LogP) is 4.75. The summed E-state index contributed by atoms with van der Waals surface area (Å²) >= 11 is 3.03. The molecule has 0 N–H and O–H groups in total. The van der Waals surface area contributed by atoms with Crippen LogP contribution in [-0.2, 0) is 11.3 Å². The second kappa shape index (κ2) is 9.07. The Balaban J connectivity index is 1.52. The summed E-state index contributed by atoms with van der Waals surface area (Å²) in [6.45, 7) is 0.589. The maximum absolute atomic E-state index is 12.7. The number of carbonyl (C=O) groups is 1. The van der Waals surface area contributed by atoms with Gasteiger partial charge in [0.25, 0.3) is 0 Å². The molecule has 4 rings (SSSR count). The number of benzene rings is 2. The number of nitrogens with zero attached hydrogens (tertiary/aromatic N) is 4. The van der Waals surface area contributed by atoms with Crippen molar-refractivity contribution in [2.45, 2.75) is 11.7 Å². The molecule has 0 bridgehead atoms.